The molecule has 0 unspecified atom stereocenters. The fraction of sp³-hybridized carbons (Fsp3) is 0.333. The molecule has 0 fully saturated rings. The molecule has 1 aromatic rings. The number of nitrogens with two attached hydrogens (primary N) is 1. The third kappa shape index (κ3) is 3.53. The molecular weight excluding hydrogens is 303 g/mol. The third-order valence-electron chi connectivity index (χ3n) is 2.37. The molecule has 0 heterocycles. The molecule has 0 spiro atoms. The monoisotopic (exact) mass is 316 g/mol. The van der Waals surface area contributed by atoms with E-state index in [2.05, 4.69) is 15.9 Å². The Morgan fingerprint density at radius 3 is 2.50 bits per heavy atom. The minimum Gasteiger partial charge on any atom is -0.368 e. The van der Waals surface area contributed by atoms with Crippen LogP contribution in [-0.2, 0) is 4.79 Å². The van der Waals surface area contributed by atoms with Crippen molar-refractivity contribution in [1.82, 2.24) is 4.90 Å². The maximum absolute atomic E-state index is 13.7. The van der Waals surface area contributed by atoms with Gasteiger partial charge < -0.3 is 10.6 Å². The molecular formula is C12H14BrFN2O2. The summed E-state index contributed by atoms with van der Waals surface area (Å²) in [6.45, 7) is 3.24. The van der Waals surface area contributed by atoms with Crippen LogP contribution < -0.4 is 5.73 Å². The van der Waals surface area contributed by atoms with Gasteiger partial charge in [-0.2, -0.15) is 0 Å². The molecule has 1 rings (SSSR count). The Bertz CT molecular complexity index is 477. The molecule has 0 aromatic heterocycles. The zero-order valence-electron chi connectivity index (χ0n) is 10.1. The van der Waals surface area contributed by atoms with Crippen molar-refractivity contribution in [1.29, 1.82) is 0 Å². The van der Waals surface area contributed by atoms with Gasteiger partial charge in [-0.05, 0) is 32.0 Å². The lowest BCUT2D eigenvalue weighted by Crippen LogP contribution is -2.43. The van der Waals surface area contributed by atoms with Gasteiger partial charge in [0.1, 0.15) is 5.82 Å². The van der Waals surface area contributed by atoms with E-state index in [1.165, 1.54) is 17.0 Å². The average molecular weight is 317 g/mol. The molecule has 0 radical (unpaired) electrons. The number of nitrogens with zero attached hydrogens (tertiary/aromatic N) is 1. The van der Waals surface area contributed by atoms with Crippen LogP contribution in [0.25, 0.3) is 0 Å². The molecule has 6 heteroatoms. The summed E-state index contributed by atoms with van der Waals surface area (Å²) in [5.41, 5.74) is 5.00. The van der Waals surface area contributed by atoms with Crippen LogP contribution in [0.3, 0.4) is 0 Å². The van der Waals surface area contributed by atoms with E-state index in [4.69, 9.17) is 5.73 Å². The van der Waals surface area contributed by atoms with Crippen molar-refractivity contribution in [3.63, 3.8) is 0 Å². The van der Waals surface area contributed by atoms with Gasteiger partial charge in [-0.25, -0.2) is 4.39 Å². The lowest BCUT2D eigenvalue weighted by molar-refractivity contribution is -0.119. The van der Waals surface area contributed by atoms with Crippen molar-refractivity contribution in [3.8, 4) is 0 Å². The molecule has 0 saturated heterocycles. The van der Waals surface area contributed by atoms with Gasteiger partial charge >= 0.3 is 0 Å². The number of benzene rings is 1. The highest BCUT2D eigenvalue weighted by Crippen LogP contribution is 2.17. The molecule has 0 aliphatic rings. The van der Waals surface area contributed by atoms with Gasteiger partial charge in [0.05, 0.1) is 12.1 Å². The Hall–Kier alpha value is -1.43. The molecule has 2 amide bonds. The van der Waals surface area contributed by atoms with Crippen LogP contribution in [0.5, 0.6) is 0 Å². The van der Waals surface area contributed by atoms with Crippen molar-refractivity contribution in [2.24, 2.45) is 5.73 Å². The Balaban J connectivity index is 3.05. The molecule has 2 N–H and O–H groups in total. The second-order valence-corrected chi connectivity index (χ2v) is 5.03. The van der Waals surface area contributed by atoms with Crippen LogP contribution in [0.4, 0.5) is 4.39 Å². The van der Waals surface area contributed by atoms with Crippen LogP contribution in [0.1, 0.15) is 24.2 Å². The Morgan fingerprint density at radius 2 is 2.06 bits per heavy atom. The Morgan fingerprint density at radius 1 is 1.44 bits per heavy atom. The smallest absolute Gasteiger partial charge is 0.257 e. The second-order valence-electron chi connectivity index (χ2n) is 4.12. The topological polar surface area (TPSA) is 63.4 Å². The molecule has 0 aliphatic carbocycles. The predicted octanol–water partition coefficient (Wildman–Crippen LogP) is 1.92. The highest BCUT2D eigenvalue weighted by Gasteiger charge is 2.23. The van der Waals surface area contributed by atoms with Crippen molar-refractivity contribution in [3.05, 3.63) is 34.1 Å². The third-order valence-corrected chi connectivity index (χ3v) is 2.87. The summed E-state index contributed by atoms with van der Waals surface area (Å²) in [4.78, 5) is 24.3. The van der Waals surface area contributed by atoms with E-state index in [-0.39, 0.29) is 18.2 Å². The van der Waals surface area contributed by atoms with Crippen LogP contribution in [0, 0.1) is 5.82 Å². The van der Waals surface area contributed by atoms with Crippen LogP contribution >= 0.6 is 15.9 Å². The van der Waals surface area contributed by atoms with E-state index in [1.807, 2.05) is 0 Å². The summed E-state index contributed by atoms with van der Waals surface area (Å²) < 4.78 is 14.2. The van der Waals surface area contributed by atoms with Gasteiger partial charge in [0.25, 0.3) is 5.91 Å². The highest BCUT2D eigenvalue weighted by atomic mass is 79.9. The van der Waals surface area contributed by atoms with Gasteiger partial charge in [0, 0.05) is 10.5 Å². The number of carbonyl (C=O) groups excluding carboxylic acids is 2. The first kappa shape index (κ1) is 14.6. The average Bonchev–Trinajstić information content (AvgIpc) is 2.24. The number of primary amides is 1. The molecule has 4 nitrogen and oxygen atoms in total. The van der Waals surface area contributed by atoms with Gasteiger partial charge in [0.15, 0.2) is 0 Å². The molecule has 0 saturated carbocycles. The standard InChI is InChI=1S/C12H14BrFN2O2/c1-7(2)16(6-11(15)17)12(18)9-4-3-8(13)5-10(9)14/h3-5,7H,6H2,1-2H3,(H2,15,17). The van der Waals surface area contributed by atoms with Crippen molar-refractivity contribution < 1.29 is 14.0 Å². The first-order valence-electron chi connectivity index (χ1n) is 5.37. The fourth-order valence-corrected chi connectivity index (χ4v) is 1.81. The van der Waals surface area contributed by atoms with E-state index in [9.17, 15) is 14.0 Å². The van der Waals surface area contributed by atoms with Crippen LogP contribution in [-0.4, -0.2) is 29.3 Å². The van der Waals surface area contributed by atoms with Gasteiger partial charge in [-0.3, -0.25) is 9.59 Å². The SMILES string of the molecule is CC(C)N(CC(N)=O)C(=O)c1ccc(Br)cc1F. The summed E-state index contributed by atoms with van der Waals surface area (Å²) in [6, 6.07) is 3.90. The van der Waals surface area contributed by atoms with Gasteiger partial charge in [-0.15, -0.1) is 0 Å². The van der Waals surface area contributed by atoms with Crippen LogP contribution in [0.15, 0.2) is 22.7 Å². The quantitative estimate of drug-likeness (QED) is 0.922. The largest absolute Gasteiger partial charge is 0.368 e. The van der Waals surface area contributed by atoms with Gasteiger partial charge in [0.2, 0.25) is 5.91 Å². The van der Waals surface area contributed by atoms with Gasteiger partial charge in [-0.1, -0.05) is 15.9 Å². The number of carbonyl (C=O) groups is 2. The van der Waals surface area contributed by atoms with Crippen molar-refractivity contribution >= 4 is 27.7 Å². The first-order chi connectivity index (χ1) is 8.32. The number of rotatable bonds is 4. The summed E-state index contributed by atoms with van der Waals surface area (Å²) in [5.74, 6) is -1.81. The van der Waals surface area contributed by atoms with E-state index in [0.29, 0.717) is 4.47 Å². The number of hydrogen-bond donors (Lipinski definition) is 1. The summed E-state index contributed by atoms with van der Waals surface area (Å²) in [6.07, 6.45) is 0. The maximum Gasteiger partial charge on any atom is 0.257 e. The molecule has 0 aliphatic heterocycles. The lowest BCUT2D eigenvalue weighted by Gasteiger charge is -2.25. The molecule has 0 atom stereocenters. The summed E-state index contributed by atoms with van der Waals surface area (Å²) >= 11 is 3.11. The van der Waals surface area contributed by atoms with E-state index < -0.39 is 17.6 Å². The number of halogens is 2. The zero-order valence-corrected chi connectivity index (χ0v) is 11.7. The minimum atomic E-state index is -0.635. The number of amides is 2. The predicted molar refractivity (Wildman–Crippen MR) is 69.5 cm³/mol. The van der Waals surface area contributed by atoms with Crippen molar-refractivity contribution in [2.75, 3.05) is 6.54 Å². The normalized spacial score (nSPS) is 10.5. The molecule has 0 bridgehead atoms. The first-order valence-corrected chi connectivity index (χ1v) is 6.16. The van der Waals surface area contributed by atoms with Crippen LogP contribution in [0.2, 0.25) is 0 Å². The molecule has 1 aromatic carbocycles. The lowest BCUT2D eigenvalue weighted by atomic mass is 10.1. The number of hydrogen-bond acceptors (Lipinski definition) is 2. The van der Waals surface area contributed by atoms with Crippen molar-refractivity contribution in [2.45, 2.75) is 19.9 Å². The fourth-order valence-electron chi connectivity index (χ4n) is 1.47. The second kappa shape index (κ2) is 5.95. The maximum atomic E-state index is 13.7. The minimum absolute atomic E-state index is 0.0758. The van der Waals surface area contributed by atoms with E-state index in [0.717, 1.165) is 0 Å². The highest BCUT2D eigenvalue weighted by molar-refractivity contribution is 9.10. The van der Waals surface area contributed by atoms with E-state index in [1.54, 1.807) is 19.9 Å². The summed E-state index contributed by atoms with van der Waals surface area (Å²) in [5, 5.41) is 0. The molecule has 98 valence electrons. The molecule has 18 heavy (non-hydrogen) atoms. The summed E-state index contributed by atoms with van der Waals surface area (Å²) in [7, 11) is 0. The Kier molecular flexibility index (Phi) is 4.84. The zero-order chi connectivity index (χ0) is 13.9. The Labute approximate surface area is 113 Å². The van der Waals surface area contributed by atoms with E-state index >= 15 is 0 Å².